The van der Waals surface area contributed by atoms with E-state index in [-0.39, 0.29) is 30.1 Å². The summed E-state index contributed by atoms with van der Waals surface area (Å²) in [5.74, 6) is 0.186. The predicted molar refractivity (Wildman–Crippen MR) is 122 cm³/mol. The largest absolute Gasteiger partial charge is 0.494 e. The lowest BCUT2D eigenvalue weighted by Gasteiger charge is -2.24. The number of methoxy groups -OCH3 is 1. The van der Waals surface area contributed by atoms with Crippen molar-refractivity contribution in [2.24, 2.45) is 5.73 Å². The van der Waals surface area contributed by atoms with Gasteiger partial charge < -0.3 is 29.8 Å². The standard InChI is InChI=1S/C25H24FNO6/c1-31-22-7-4-17(12-20(22)26)32-16-3-6-21-19(11-16)24(30)18-5-2-15(10-23(18)33-21)8-9-25(27,13-28)14-29/h2-7,10-12,28-29H,8-9,13-14,27H2,1H3. The van der Waals surface area contributed by atoms with Crippen LogP contribution in [0.3, 0.4) is 0 Å². The van der Waals surface area contributed by atoms with E-state index in [1.54, 1.807) is 42.5 Å². The minimum atomic E-state index is -1.07. The third-order valence-corrected chi connectivity index (χ3v) is 5.61. The average molecular weight is 453 g/mol. The van der Waals surface area contributed by atoms with Gasteiger partial charge in [0.1, 0.15) is 22.7 Å². The van der Waals surface area contributed by atoms with Crippen LogP contribution in [0.2, 0.25) is 0 Å². The molecule has 0 aliphatic rings. The van der Waals surface area contributed by atoms with E-state index < -0.39 is 11.4 Å². The number of aliphatic hydroxyl groups excluding tert-OH is 2. The molecule has 0 spiro atoms. The number of hydrogen-bond acceptors (Lipinski definition) is 7. The van der Waals surface area contributed by atoms with E-state index >= 15 is 0 Å². The van der Waals surface area contributed by atoms with Gasteiger partial charge in [-0.2, -0.15) is 0 Å². The number of fused-ring (bicyclic) bond motifs is 2. The number of rotatable bonds is 8. The van der Waals surface area contributed by atoms with Crippen LogP contribution in [0.5, 0.6) is 17.2 Å². The number of nitrogens with two attached hydrogens (primary N) is 1. The molecule has 8 heteroatoms. The molecule has 3 aromatic carbocycles. The van der Waals surface area contributed by atoms with Crippen LogP contribution in [0.1, 0.15) is 12.0 Å². The topological polar surface area (TPSA) is 115 Å². The van der Waals surface area contributed by atoms with Crippen molar-refractivity contribution in [2.75, 3.05) is 20.3 Å². The van der Waals surface area contributed by atoms with E-state index in [0.717, 1.165) is 5.56 Å². The summed E-state index contributed by atoms with van der Waals surface area (Å²) in [6.07, 6.45) is 0.872. The van der Waals surface area contributed by atoms with Crippen molar-refractivity contribution >= 4 is 21.9 Å². The van der Waals surface area contributed by atoms with Gasteiger partial charge in [0.25, 0.3) is 0 Å². The summed E-state index contributed by atoms with van der Waals surface area (Å²) in [5.41, 5.74) is 6.32. The van der Waals surface area contributed by atoms with E-state index in [2.05, 4.69) is 0 Å². The molecule has 0 fully saturated rings. The number of aryl methyl sites for hydroxylation is 1. The van der Waals surface area contributed by atoms with Gasteiger partial charge in [-0.05, 0) is 60.9 Å². The van der Waals surface area contributed by atoms with Crippen molar-refractivity contribution in [1.29, 1.82) is 0 Å². The first-order chi connectivity index (χ1) is 15.9. The first-order valence-electron chi connectivity index (χ1n) is 10.4. The molecule has 1 aromatic heterocycles. The number of hydrogen-bond donors (Lipinski definition) is 3. The van der Waals surface area contributed by atoms with Crippen LogP contribution in [0, 0.1) is 5.82 Å². The number of ether oxygens (including phenoxy) is 2. The third-order valence-electron chi connectivity index (χ3n) is 5.61. The Morgan fingerprint density at radius 2 is 1.70 bits per heavy atom. The summed E-state index contributed by atoms with van der Waals surface area (Å²) in [6.45, 7) is -0.658. The Bertz CT molecular complexity index is 1360. The van der Waals surface area contributed by atoms with Crippen LogP contribution < -0.4 is 20.6 Å². The molecule has 0 atom stereocenters. The van der Waals surface area contributed by atoms with Gasteiger partial charge >= 0.3 is 0 Å². The van der Waals surface area contributed by atoms with Gasteiger partial charge in [0.2, 0.25) is 5.43 Å². The number of aliphatic hydroxyl groups is 2. The summed E-state index contributed by atoms with van der Waals surface area (Å²) in [7, 11) is 1.38. The minimum Gasteiger partial charge on any atom is -0.494 e. The second-order valence-corrected chi connectivity index (χ2v) is 8.00. The number of benzene rings is 3. The fourth-order valence-corrected chi connectivity index (χ4v) is 3.54. The Morgan fingerprint density at radius 1 is 0.970 bits per heavy atom. The van der Waals surface area contributed by atoms with E-state index in [0.29, 0.717) is 40.5 Å². The van der Waals surface area contributed by atoms with Crippen molar-refractivity contribution in [3.63, 3.8) is 0 Å². The Kier molecular flexibility index (Phi) is 6.33. The van der Waals surface area contributed by atoms with Gasteiger partial charge in [-0.15, -0.1) is 0 Å². The van der Waals surface area contributed by atoms with Crippen molar-refractivity contribution in [3.05, 3.63) is 76.2 Å². The van der Waals surface area contributed by atoms with Crippen molar-refractivity contribution in [3.8, 4) is 17.2 Å². The van der Waals surface area contributed by atoms with Crippen LogP contribution >= 0.6 is 0 Å². The smallest absolute Gasteiger partial charge is 0.200 e. The molecule has 4 N–H and O–H groups in total. The first kappa shape index (κ1) is 22.7. The highest BCUT2D eigenvalue weighted by Crippen LogP contribution is 2.29. The van der Waals surface area contributed by atoms with E-state index in [9.17, 15) is 19.4 Å². The maximum atomic E-state index is 13.9. The van der Waals surface area contributed by atoms with Gasteiger partial charge in [0, 0.05) is 6.07 Å². The molecule has 0 radical (unpaired) electrons. The minimum absolute atomic E-state index is 0.109. The van der Waals surface area contributed by atoms with Crippen LogP contribution in [0.4, 0.5) is 4.39 Å². The maximum absolute atomic E-state index is 13.9. The third kappa shape index (κ3) is 4.68. The SMILES string of the molecule is COc1ccc(Oc2ccc3oc4cc(CCC(N)(CO)CO)ccc4c(=O)c3c2)cc1F. The highest BCUT2D eigenvalue weighted by molar-refractivity contribution is 5.90. The summed E-state index contributed by atoms with van der Waals surface area (Å²) in [6, 6.07) is 14.3. The molecule has 1 heterocycles. The molecular weight excluding hydrogens is 429 g/mol. The van der Waals surface area contributed by atoms with E-state index in [4.69, 9.17) is 19.6 Å². The van der Waals surface area contributed by atoms with Crippen LogP contribution in [0.15, 0.2) is 63.8 Å². The molecule has 0 saturated heterocycles. The van der Waals surface area contributed by atoms with E-state index in [1.165, 1.54) is 19.2 Å². The first-order valence-corrected chi connectivity index (χ1v) is 10.4. The molecule has 0 unspecified atom stereocenters. The lowest BCUT2D eigenvalue weighted by Crippen LogP contribution is -2.47. The average Bonchev–Trinajstić information content (AvgIpc) is 2.83. The Hall–Kier alpha value is -3.46. The molecule has 33 heavy (non-hydrogen) atoms. The summed E-state index contributed by atoms with van der Waals surface area (Å²) in [5, 5.41) is 19.5. The lowest BCUT2D eigenvalue weighted by molar-refractivity contribution is 0.115. The van der Waals surface area contributed by atoms with Crippen molar-refractivity contribution in [1.82, 2.24) is 0 Å². The monoisotopic (exact) mass is 453 g/mol. The van der Waals surface area contributed by atoms with Gasteiger partial charge in [-0.3, -0.25) is 4.79 Å². The second-order valence-electron chi connectivity index (χ2n) is 8.00. The van der Waals surface area contributed by atoms with Crippen LogP contribution in [0.25, 0.3) is 21.9 Å². The molecule has 0 bridgehead atoms. The zero-order valence-electron chi connectivity index (χ0n) is 18.0. The predicted octanol–water partition coefficient (Wildman–Crippen LogP) is 3.50. The molecule has 7 nitrogen and oxygen atoms in total. The molecule has 4 aromatic rings. The molecule has 0 aliphatic carbocycles. The van der Waals surface area contributed by atoms with Crippen molar-refractivity contribution in [2.45, 2.75) is 18.4 Å². The highest BCUT2D eigenvalue weighted by Gasteiger charge is 2.22. The Morgan fingerprint density at radius 3 is 2.39 bits per heavy atom. The Labute approximate surface area is 188 Å². The quantitative estimate of drug-likeness (QED) is 0.350. The maximum Gasteiger partial charge on any atom is 0.200 e. The molecule has 4 rings (SSSR count). The van der Waals surface area contributed by atoms with Crippen LogP contribution in [-0.2, 0) is 6.42 Å². The Balaban J connectivity index is 1.64. The molecule has 172 valence electrons. The summed E-state index contributed by atoms with van der Waals surface area (Å²) >= 11 is 0. The zero-order valence-corrected chi connectivity index (χ0v) is 18.0. The van der Waals surface area contributed by atoms with Gasteiger partial charge in [-0.1, -0.05) is 6.07 Å². The van der Waals surface area contributed by atoms with Gasteiger partial charge in [0.15, 0.2) is 11.6 Å². The summed E-state index contributed by atoms with van der Waals surface area (Å²) in [4.78, 5) is 13.1. The molecule has 0 amide bonds. The van der Waals surface area contributed by atoms with Crippen molar-refractivity contribution < 1.29 is 28.5 Å². The van der Waals surface area contributed by atoms with E-state index in [1.807, 2.05) is 0 Å². The second kappa shape index (κ2) is 9.19. The molecular formula is C25H24FNO6. The molecule has 0 saturated carbocycles. The highest BCUT2D eigenvalue weighted by atomic mass is 19.1. The zero-order chi connectivity index (χ0) is 23.6. The fraction of sp³-hybridized carbons (Fsp3) is 0.240. The lowest BCUT2D eigenvalue weighted by atomic mass is 9.93. The van der Waals surface area contributed by atoms with Gasteiger partial charge in [-0.25, -0.2) is 4.39 Å². The van der Waals surface area contributed by atoms with Crippen LogP contribution in [-0.4, -0.2) is 36.1 Å². The van der Waals surface area contributed by atoms with Gasteiger partial charge in [0.05, 0.1) is 36.6 Å². The number of halogens is 1. The normalized spacial score (nSPS) is 11.8. The summed E-state index contributed by atoms with van der Waals surface area (Å²) < 4.78 is 30.5. The molecule has 0 aliphatic heterocycles. The fourth-order valence-electron chi connectivity index (χ4n) is 3.54.